The van der Waals surface area contributed by atoms with Gasteiger partial charge >= 0.3 is 6.09 Å². The molecule has 11 nitrogen and oxygen atoms in total. The van der Waals surface area contributed by atoms with Gasteiger partial charge in [-0.3, -0.25) is 9.59 Å². The molecule has 1 saturated carbocycles. The van der Waals surface area contributed by atoms with Crippen molar-refractivity contribution in [2.24, 2.45) is 11.8 Å². The topological polar surface area (TPSA) is 136 Å². The maximum absolute atomic E-state index is 14.1. The summed E-state index contributed by atoms with van der Waals surface area (Å²) in [5.74, 6) is 2.16. The molecule has 3 fully saturated rings. The van der Waals surface area contributed by atoms with E-state index in [2.05, 4.69) is 70.7 Å². The van der Waals surface area contributed by atoms with Crippen LogP contribution in [0.1, 0.15) is 101 Å². The molecule has 9 rings (SSSR count). The van der Waals surface area contributed by atoms with Crippen molar-refractivity contribution in [3.8, 4) is 22.4 Å². The second-order valence-corrected chi connectivity index (χ2v) is 16.1. The fraction of sp³-hybridized carbons (Fsp3) is 0.465. The number of aromatic amines is 2. The molecule has 3 N–H and O–H groups in total. The third kappa shape index (κ3) is 5.74. The molecule has 3 amide bonds. The summed E-state index contributed by atoms with van der Waals surface area (Å²) >= 11 is 0. The number of carbonyl (C=O) groups excluding carboxylic acids is 3. The predicted octanol–water partition coefficient (Wildman–Crippen LogP) is 7.77. The molecule has 5 atom stereocenters. The number of likely N-dealkylation sites (tertiary alicyclic amines) is 2. The van der Waals surface area contributed by atoms with E-state index < -0.39 is 12.1 Å². The lowest BCUT2D eigenvalue weighted by atomic mass is 9.89. The van der Waals surface area contributed by atoms with Crippen LogP contribution in [0.5, 0.6) is 0 Å². The number of ether oxygens (including phenoxy) is 1. The van der Waals surface area contributed by atoms with Gasteiger partial charge in [0.05, 0.1) is 41.6 Å². The highest BCUT2D eigenvalue weighted by Crippen LogP contribution is 2.51. The summed E-state index contributed by atoms with van der Waals surface area (Å²) in [4.78, 5) is 60.6. The number of piperidine rings is 1. The van der Waals surface area contributed by atoms with E-state index in [0.29, 0.717) is 12.3 Å². The first-order chi connectivity index (χ1) is 26.2. The quantitative estimate of drug-likeness (QED) is 0.150. The van der Waals surface area contributed by atoms with Gasteiger partial charge in [-0.15, -0.1) is 0 Å². The molecule has 280 valence electrons. The van der Waals surface area contributed by atoms with Crippen LogP contribution in [0.4, 0.5) is 4.79 Å². The second-order valence-electron chi connectivity index (χ2n) is 16.1. The third-order valence-corrected chi connectivity index (χ3v) is 12.5. The summed E-state index contributed by atoms with van der Waals surface area (Å²) in [6.45, 7) is 6.75. The highest BCUT2D eigenvalue weighted by atomic mass is 16.5. The highest BCUT2D eigenvalue weighted by molar-refractivity contribution is 6.05. The van der Waals surface area contributed by atoms with Crippen molar-refractivity contribution in [3.05, 3.63) is 71.4 Å². The highest BCUT2D eigenvalue weighted by Gasteiger charge is 2.52. The summed E-state index contributed by atoms with van der Waals surface area (Å²) in [6, 6.07) is 17.0. The molecule has 3 aromatic carbocycles. The number of H-pyrrole nitrogens is 2. The lowest BCUT2D eigenvalue weighted by Crippen LogP contribution is -2.54. The Labute approximate surface area is 315 Å². The molecule has 4 aliphatic rings. The van der Waals surface area contributed by atoms with E-state index in [-0.39, 0.29) is 35.9 Å². The van der Waals surface area contributed by atoms with E-state index in [1.165, 1.54) is 18.2 Å². The smallest absolute Gasteiger partial charge is 0.407 e. The number of alkyl carbamates (subject to hydrolysis) is 1. The molecule has 5 aromatic rings. The average Bonchev–Trinajstić information content (AvgIpc) is 4.03. The monoisotopic (exact) mass is 727 g/mol. The molecular formula is C43H49N7O4. The van der Waals surface area contributed by atoms with Gasteiger partial charge in [-0.2, -0.15) is 0 Å². The standard InChI is InChI=1S/C43H49N7O4/c1-5-7-35(51)49-19-6-8-34(49)40-44-32-17-12-26-20-24(10-15-30(26)37(32)46-40)25-11-16-31-27(21-25)13-18-33-38(31)47-41(45-33)39-28-9-14-29(22-28)50(39)42(52)36(23(2)3)48-43(53)54-4/h10-12,15-17,20-21,23,28-29,34,36,39H,5-9,13-14,18-19,22H2,1-4H3,(H,44,46)(H,45,47)(H,48,53)/t28?,29?,34-,36-,39?/m0/s1. The minimum atomic E-state index is -0.661. The van der Waals surface area contributed by atoms with E-state index in [1.807, 2.05) is 23.6 Å². The Balaban J connectivity index is 0.985. The zero-order valence-electron chi connectivity index (χ0n) is 31.6. The van der Waals surface area contributed by atoms with Crippen LogP contribution in [0, 0.1) is 11.8 Å². The van der Waals surface area contributed by atoms with Gasteiger partial charge in [-0.05, 0) is 97.4 Å². The molecule has 0 radical (unpaired) electrons. The zero-order valence-corrected chi connectivity index (χ0v) is 31.6. The third-order valence-electron chi connectivity index (χ3n) is 12.5. The Morgan fingerprint density at radius 3 is 2.61 bits per heavy atom. The van der Waals surface area contributed by atoms with E-state index in [1.54, 1.807) is 0 Å². The number of methoxy groups -OCH3 is 1. The van der Waals surface area contributed by atoms with Crippen LogP contribution >= 0.6 is 0 Å². The first-order valence-electron chi connectivity index (χ1n) is 19.8. The molecule has 2 aliphatic carbocycles. The van der Waals surface area contributed by atoms with Gasteiger partial charge in [0, 0.05) is 30.0 Å². The van der Waals surface area contributed by atoms with Crippen LogP contribution < -0.4 is 5.32 Å². The van der Waals surface area contributed by atoms with Gasteiger partial charge in [0.2, 0.25) is 11.8 Å². The maximum atomic E-state index is 14.1. The molecule has 4 heterocycles. The van der Waals surface area contributed by atoms with Crippen molar-refractivity contribution < 1.29 is 19.1 Å². The zero-order chi connectivity index (χ0) is 37.2. The van der Waals surface area contributed by atoms with E-state index >= 15 is 0 Å². The molecule has 0 spiro atoms. The second kappa shape index (κ2) is 13.6. The molecule has 2 saturated heterocycles. The van der Waals surface area contributed by atoms with Gasteiger partial charge in [0.25, 0.3) is 0 Å². The Morgan fingerprint density at radius 2 is 1.80 bits per heavy atom. The molecule has 54 heavy (non-hydrogen) atoms. The summed E-state index contributed by atoms with van der Waals surface area (Å²) < 4.78 is 4.86. The maximum Gasteiger partial charge on any atom is 0.407 e. The number of imidazole rings is 2. The Morgan fingerprint density at radius 1 is 0.963 bits per heavy atom. The Hall–Kier alpha value is -5.19. The van der Waals surface area contributed by atoms with E-state index in [4.69, 9.17) is 14.7 Å². The number of aromatic nitrogens is 4. The Kier molecular flexibility index (Phi) is 8.70. The number of carbonyl (C=O) groups is 3. The van der Waals surface area contributed by atoms with Gasteiger partial charge in [-0.25, -0.2) is 14.8 Å². The number of hydrogen-bond acceptors (Lipinski definition) is 6. The summed E-state index contributed by atoms with van der Waals surface area (Å²) in [7, 11) is 1.32. The summed E-state index contributed by atoms with van der Waals surface area (Å²) in [6.07, 6.45) is 7.51. The lowest BCUT2D eigenvalue weighted by Gasteiger charge is -2.37. The van der Waals surface area contributed by atoms with Gasteiger partial charge < -0.3 is 29.8 Å². The predicted molar refractivity (Wildman–Crippen MR) is 208 cm³/mol. The van der Waals surface area contributed by atoms with Gasteiger partial charge in [0.15, 0.2) is 0 Å². The molecular weight excluding hydrogens is 679 g/mol. The largest absolute Gasteiger partial charge is 0.453 e. The van der Waals surface area contributed by atoms with Gasteiger partial charge in [0.1, 0.15) is 17.7 Å². The molecule has 11 heteroatoms. The van der Waals surface area contributed by atoms with Gasteiger partial charge in [-0.1, -0.05) is 57.2 Å². The molecule has 2 aliphatic heterocycles. The molecule has 3 unspecified atom stereocenters. The van der Waals surface area contributed by atoms with Crippen LogP contribution in [0.15, 0.2) is 48.5 Å². The van der Waals surface area contributed by atoms with Crippen molar-refractivity contribution in [1.29, 1.82) is 0 Å². The number of benzene rings is 3. The summed E-state index contributed by atoms with van der Waals surface area (Å²) in [5, 5.41) is 5.06. The van der Waals surface area contributed by atoms with Crippen molar-refractivity contribution in [3.63, 3.8) is 0 Å². The minimum absolute atomic E-state index is 0.00928. The first kappa shape index (κ1) is 34.6. The molecule has 2 aromatic heterocycles. The number of hydrogen-bond donors (Lipinski definition) is 3. The van der Waals surface area contributed by atoms with Crippen molar-refractivity contribution >= 4 is 39.7 Å². The van der Waals surface area contributed by atoms with Crippen LogP contribution in [-0.2, 0) is 27.2 Å². The number of aryl methyl sites for hydroxylation is 2. The van der Waals surface area contributed by atoms with Crippen molar-refractivity contribution in [1.82, 2.24) is 35.1 Å². The number of nitrogens with one attached hydrogen (secondary N) is 3. The van der Waals surface area contributed by atoms with Crippen LogP contribution in [0.2, 0.25) is 0 Å². The van der Waals surface area contributed by atoms with E-state index in [9.17, 15) is 14.4 Å². The number of nitrogens with zero attached hydrogens (tertiary/aromatic N) is 4. The van der Waals surface area contributed by atoms with Crippen LogP contribution in [0.3, 0.4) is 0 Å². The lowest BCUT2D eigenvalue weighted by molar-refractivity contribution is -0.139. The molecule has 2 bridgehead atoms. The summed E-state index contributed by atoms with van der Waals surface area (Å²) in [5.41, 5.74) is 8.83. The van der Waals surface area contributed by atoms with Crippen molar-refractivity contribution in [2.75, 3.05) is 13.7 Å². The number of fused-ring (bicyclic) bond motifs is 8. The number of rotatable bonds is 8. The Bertz CT molecular complexity index is 2290. The first-order valence-corrected chi connectivity index (χ1v) is 19.8. The fourth-order valence-corrected chi connectivity index (χ4v) is 9.84. The van der Waals surface area contributed by atoms with Crippen molar-refractivity contribution in [2.45, 2.75) is 103 Å². The fourth-order valence-electron chi connectivity index (χ4n) is 9.84. The average molecular weight is 728 g/mol. The van der Waals surface area contributed by atoms with Crippen LogP contribution in [-0.4, -0.2) is 73.4 Å². The minimum Gasteiger partial charge on any atom is -0.453 e. The van der Waals surface area contributed by atoms with E-state index in [0.717, 1.165) is 114 Å². The normalized spacial score (nSPS) is 22.2. The van der Waals surface area contributed by atoms with Crippen LogP contribution in [0.25, 0.3) is 44.2 Å². The number of amides is 3. The SMILES string of the molecule is CCCC(=O)N1CCC[C@H]1c1nc2ccc3cc(-c4ccc5c(c4)CCc4nc(C6C7CCC(C7)N6C(=O)[C@@H](NC(=O)OC)C(C)C)[nH]c4-5)ccc3c2[nH]1.